The zero-order chi connectivity index (χ0) is 14.5. The number of aromatic nitrogens is 1. The number of rotatable bonds is 5. The van der Waals surface area contributed by atoms with Crippen LogP contribution in [0.4, 0.5) is 5.82 Å². The molecule has 0 saturated carbocycles. The van der Waals surface area contributed by atoms with Gasteiger partial charge in [-0.2, -0.15) is 0 Å². The van der Waals surface area contributed by atoms with Crippen molar-refractivity contribution in [3.8, 4) is 0 Å². The monoisotopic (exact) mass is 290 g/mol. The maximum absolute atomic E-state index is 11.1. The highest BCUT2D eigenvalue weighted by Crippen LogP contribution is 2.20. The Morgan fingerprint density at radius 2 is 1.95 bits per heavy atom. The van der Waals surface area contributed by atoms with Crippen LogP contribution in [0.25, 0.3) is 0 Å². The first kappa shape index (κ1) is 14.3. The highest BCUT2D eigenvalue weighted by Gasteiger charge is 2.14. The van der Waals surface area contributed by atoms with E-state index in [1.165, 1.54) is 0 Å². The predicted octanol–water partition coefficient (Wildman–Crippen LogP) is 3.46. The van der Waals surface area contributed by atoms with E-state index in [-0.39, 0.29) is 10.7 Å². The summed E-state index contributed by atoms with van der Waals surface area (Å²) in [7, 11) is 0. The number of pyridine rings is 1. The molecule has 2 rings (SSSR count). The van der Waals surface area contributed by atoms with Crippen molar-refractivity contribution in [1.29, 1.82) is 0 Å². The predicted molar refractivity (Wildman–Crippen MR) is 79.4 cm³/mol. The van der Waals surface area contributed by atoms with Gasteiger partial charge in [-0.05, 0) is 24.6 Å². The summed E-state index contributed by atoms with van der Waals surface area (Å²) in [6.45, 7) is 3.40. The highest BCUT2D eigenvalue weighted by molar-refractivity contribution is 6.33. The molecule has 5 heteroatoms. The van der Waals surface area contributed by atoms with Gasteiger partial charge >= 0.3 is 5.97 Å². The van der Waals surface area contributed by atoms with E-state index in [0.717, 1.165) is 12.1 Å². The van der Waals surface area contributed by atoms with Crippen LogP contribution in [-0.2, 0) is 6.54 Å². The molecule has 104 valence electrons. The van der Waals surface area contributed by atoms with Gasteiger partial charge in [-0.15, -0.1) is 0 Å². The molecular weight excluding hydrogens is 276 g/mol. The minimum absolute atomic E-state index is 0.115. The van der Waals surface area contributed by atoms with E-state index in [9.17, 15) is 4.79 Å². The molecule has 0 bridgehead atoms. The van der Waals surface area contributed by atoms with Crippen molar-refractivity contribution < 1.29 is 9.90 Å². The van der Waals surface area contributed by atoms with Crippen LogP contribution in [0.2, 0.25) is 5.02 Å². The van der Waals surface area contributed by atoms with Gasteiger partial charge in [0, 0.05) is 13.1 Å². The molecule has 1 aromatic carbocycles. The number of nitrogens with zero attached hydrogens (tertiary/aromatic N) is 2. The summed E-state index contributed by atoms with van der Waals surface area (Å²) >= 11 is 5.84. The van der Waals surface area contributed by atoms with Crippen molar-refractivity contribution in [2.45, 2.75) is 13.5 Å². The maximum Gasteiger partial charge on any atom is 0.356 e. The van der Waals surface area contributed by atoms with E-state index < -0.39 is 5.97 Å². The molecule has 0 aliphatic carbocycles. The summed E-state index contributed by atoms with van der Waals surface area (Å²) in [6.07, 6.45) is 0. The van der Waals surface area contributed by atoms with Gasteiger partial charge < -0.3 is 10.0 Å². The summed E-state index contributed by atoms with van der Waals surface area (Å²) in [5, 5.41) is 9.22. The smallest absolute Gasteiger partial charge is 0.356 e. The lowest BCUT2D eigenvalue weighted by atomic mass is 10.2. The van der Waals surface area contributed by atoms with E-state index in [0.29, 0.717) is 12.4 Å². The zero-order valence-corrected chi connectivity index (χ0v) is 11.8. The number of carboxylic acid groups (broad SMARTS) is 1. The molecule has 1 aromatic heterocycles. The van der Waals surface area contributed by atoms with Crippen molar-refractivity contribution >= 4 is 23.4 Å². The molecule has 0 unspecified atom stereocenters. The molecule has 0 aliphatic heterocycles. The van der Waals surface area contributed by atoms with Crippen LogP contribution in [0.3, 0.4) is 0 Å². The Bertz CT molecular complexity index is 602. The molecule has 0 amide bonds. The van der Waals surface area contributed by atoms with Crippen molar-refractivity contribution in [2.75, 3.05) is 11.4 Å². The molecule has 0 saturated heterocycles. The first-order valence-corrected chi connectivity index (χ1v) is 6.68. The van der Waals surface area contributed by atoms with E-state index in [1.54, 1.807) is 12.1 Å². The van der Waals surface area contributed by atoms with Gasteiger partial charge in [-0.1, -0.05) is 41.9 Å². The van der Waals surface area contributed by atoms with Gasteiger partial charge in [-0.25, -0.2) is 9.78 Å². The maximum atomic E-state index is 11.1. The van der Waals surface area contributed by atoms with Crippen LogP contribution in [0.5, 0.6) is 0 Å². The number of aromatic carboxylic acids is 1. The number of benzene rings is 1. The number of anilines is 1. The first-order chi connectivity index (χ1) is 9.61. The van der Waals surface area contributed by atoms with Gasteiger partial charge in [-0.3, -0.25) is 0 Å². The van der Waals surface area contributed by atoms with Crippen molar-refractivity contribution in [2.24, 2.45) is 0 Å². The van der Waals surface area contributed by atoms with Gasteiger partial charge in [0.1, 0.15) is 5.82 Å². The Morgan fingerprint density at radius 1 is 1.25 bits per heavy atom. The van der Waals surface area contributed by atoms with Crippen LogP contribution in [0.15, 0.2) is 42.5 Å². The van der Waals surface area contributed by atoms with Crippen LogP contribution in [0.1, 0.15) is 23.0 Å². The van der Waals surface area contributed by atoms with Crippen LogP contribution < -0.4 is 4.90 Å². The molecule has 0 radical (unpaired) electrons. The van der Waals surface area contributed by atoms with E-state index in [4.69, 9.17) is 16.7 Å². The van der Waals surface area contributed by atoms with Crippen LogP contribution in [-0.4, -0.2) is 22.6 Å². The highest BCUT2D eigenvalue weighted by atomic mass is 35.5. The average molecular weight is 291 g/mol. The molecule has 4 nitrogen and oxygen atoms in total. The second-order valence-corrected chi connectivity index (χ2v) is 4.71. The molecule has 1 N–H and O–H groups in total. The van der Waals surface area contributed by atoms with Crippen LogP contribution >= 0.6 is 11.6 Å². The number of hydrogen-bond donors (Lipinski definition) is 1. The zero-order valence-electron chi connectivity index (χ0n) is 11.1. The minimum Gasteiger partial charge on any atom is -0.476 e. The van der Waals surface area contributed by atoms with Crippen molar-refractivity contribution in [3.63, 3.8) is 0 Å². The molecule has 2 aromatic rings. The third-order valence-corrected chi connectivity index (χ3v) is 3.26. The van der Waals surface area contributed by atoms with E-state index in [1.807, 2.05) is 42.2 Å². The number of halogens is 1. The van der Waals surface area contributed by atoms with Gasteiger partial charge in [0.25, 0.3) is 0 Å². The van der Waals surface area contributed by atoms with Crippen molar-refractivity contribution in [1.82, 2.24) is 4.98 Å². The fourth-order valence-corrected chi connectivity index (χ4v) is 2.10. The third kappa shape index (κ3) is 3.27. The molecule has 0 atom stereocenters. The molecule has 0 aliphatic rings. The minimum atomic E-state index is -1.12. The Hall–Kier alpha value is -2.07. The Labute approximate surface area is 122 Å². The fraction of sp³-hybridized carbons (Fsp3) is 0.200. The van der Waals surface area contributed by atoms with E-state index in [2.05, 4.69) is 4.98 Å². The molecule has 20 heavy (non-hydrogen) atoms. The lowest BCUT2D eigenvalue weighted by molar-refractivity contribution is 0.0691. The van der Waals surface area contributed by atoms with Crippen LogP contribution in [0, 0.1) is 0 Å². The molecule has 0 spiro atoms. The summed E-state index contributed by atoms with van der Waals surface area (Å²) in [5.41, 5.74) is 1.03. The molecule has 1 heterocycles. The lowest BCUT2D eigenvalue weighted by Gasteiger charge is -2.22. The number of carbonyl (C=O) groups is 1. The molecule has 0 fully saturated rings. The lowest BCUT2D eigenvalue weighted by Crippen LogP contribution is -2.23. The second-order valence-electron chi connectivity index (χ2n) is 4.30. The van der Waals surface area contributed by atoms with Gasteiger partial charge in [0.2, 0.25) is 0 Å². The fourth-order valence-electron chi connectivity index (χ4n) is 1.92. The summed E-state index contributed by atoms with van der Waals surface area (Å²) < 4.78 is 0. The topological polar surface area (TPSA) is 53.4 Å². The largest absolute Gasteiger partial charge is 0.476 e. The second kappa shape index (κ2) is 6.39. The summed E-state index contributed by atoms with van der Waals surface area (Å²) in [6, 6.07) is 13.3. The van der Waals surface area contributed by atoms with E-state index >= 15 is 0 Å². The van der Waals surface area contributed by atoms with Gasteiger partial charge in [0.05, 0.1) is 5.02 Å². The first-order valence-electron chi connectivity index (χ1n) is 6.30. The number of carboxylic acids is 1. The molecular formula is C15H15ClN2O2. The standard InChI is InChI=1S/C15H15ClN2O2/c1-2-18(10-11-6-4-3-5-7-11)13-9-8-12(16)14(17-13)15(19)20/h3-9H,2,10H2,1H3,(H,19,20). The summed E-state index contributed by atoms with van der Waals surface area (Å²) in [5.74, 6) is -0.509. The Morgan fingerprint density at radius 3 is 2.55 bits per heavy atom. The third-order valence-electron chi connectivity index (χ3n) is 2.96. The summed E-state index contributed by atoms with van der Waals surface area (Å²) in [4.78, 5) is 17.2. The normalized spacial score (nSPS) is 10.3. The SMILES string of the molecule is CCN(Cc1ccccc1)c1ccc(Cl)c(C(=O)O)n1. The average Bonchev–Trinajstić information content (AvgIpc) is 2.46. The van der Waals surface area contributed by atoms with Gasteiger partial charge in [0.15, 0.2) is 5.69 Å². The number of hydrogen-bond acceptors (Lipinski definition) is 3. The quantitative estimate of drug-likeness (QED) is 0.916. The Kier molecular flexibility index (Phi) is 4.58. The van der Waals surface area contributed by atoms with Crippen molar-refractivity contribution in [3.05, 3.63) is 58.7 Å². The Balaban J connectivity index is 2.28.